The molecule has 1 fully saturated rings. The summed E-state index contributed by atoms with van der Waals surface area (Å²) in [6.07, 6.45) is 5.91. The number of aromatic nitrogens is 2. The number of rotatable bonds is 4. The molecular weight excluding hydrogens is 206 g/mol. The van der Waals surface area contributed by atoms with Crippen molar-refractivity contribution in [1.29, 1.82) is 0 Å². The second kappa shape index (κ2) is 5.41. The summed E-state index contributed by atoms with van der Waals surface area (Å²) in [5.74, 6) is 1.79. The van der Waals surface area contributed by atoms with Crippen molar-refractivity contribution in [2.75, 3.05) is 13.7 Å². The van der Waals surface area contributed by atoms with E-state index in [0.717, 1.165) is 5.82 Å². The zero-order valence-corrected chi connectivity index (χ0v) is 9.69. The fourth-order valence-electron chi connectivity index (χ4n) is 2.20. The molecule has 1 aromatic heterocycles. The Labute approximate surface area is 95.3 Å². The second-order valence-corrected chi connectivity index (χ2v) is 4.29. The molecule has 1 aliphatic rings. The van der Waals surface area contributed by atoms with Crippen LogP contribution in [0.15, 0.2) is 4.52 Å². The Morgan fingerprint density at radius 1 is 1.44 bits per heavy atom. The molecule has 2 N–H and O–H groups in total. The third-order valence-electron chi connectivity index (χ3n) is 3.20. The summed E-state index contributed by atoms with van der Waals surface area (Å²) >= 11 is 0. The number of methoxy groups -OCH3 is 1. The standard InChI is InChI=1S/C11H19N3O2/c1-15-9(7-12)11-13-10(14-16-11)8-5-3-2-4-6-8/h8-9H,2-7,12H2,1H3. The van der Waals surface area contributed by atoms with Crippen molar-refractivity contribution in [3.8, 4) is 0 Å². The van der Waals surface area contributed by atoms with Gasteiger partial charge in [-0.1, -0.05) is 24.4 Å². The van der Waals surface area contributed by atoms with Gasteiger partial charge in [0, 0.05) is 19.6 Å². The SMILES string of the molecule is COC(CN)c1nc(C2CCCCC2)no1. The van der Waals surface area contributed by atoms with Crippen molar-refractivity contribution >= 4 is 0 Å². The fourth-order valence-corrected chi connectivity index (χ4v) is 2.20. The van der Waals surface area contributed by atoms with Crippen LogP contribution in [0.3, 0.4) is 0 Å². The van der Waals surface area contributed by atoms with Crippen LogP contribution in [0.4, 0.5) is 0 Å². The summed E-state index contributed by atoms with van der Waals surface area (Å²) < 4.78 is 10.4. The van der Waals surface area contributed by atoms with E-state index in [1.54, 1.807) is 7.11 Å². The van der Waals surface area contributed by atoms with Crippen molar-refractivity contribution in [1.82, 2.24) is 10.1 Å². The van der Waals surface area contributed by atoms with Crippen molar-refractivity contribution in [3.05, 3.63) is 11.7 Å². The van der Waals surface area contributed by atoms with E-state index in [1.807, 2.05) is 0 Å². The van der Waals surface area contributed by atoms with Gasteiger partial charge in [-0.15, -0.1) is 0 Å². The third kappa shape index (κ3) is 2.41. The molecule has 0 aliphatic heterocycles. The van der Waals surface area contributed by atoms with Crippen LogP contribution in [0.5, 0.6) is 0 Å². The normalized spacial score (nSPS) is 19.9. The lowest BCUT2D eigenvalue weighted by molar-refractivity contribution is 0.0803. The van der Waals surface area contributed by atoms with Crippen molar-refractivity contribution < 1.29 is 9.26 Å². The Morgan fingerprint density at radius 2 is 2.19 bits per heavy atom. The van der Waals surface area contributed by atoms with Gasteiger partial charge in [0.05, 0.1) is 0 Å². The predicted octanol–water partition coefficient (Wildman–Crippen LogP) is 1.76. The molecule has 1 aromatic rings. The molecule has 1 saturated carbocycles. The van der Waals surface area contributed by atoms with Gasteiger partial charge in [0.25, 0.3) is 5.89 Å². The van der Waals surface area contributed by atoms with Gasteiger partial charge in [0.2, 0.25) is 0 Å². The molecule has 1 aliphatic carbocycles. The number of hydrogen-bond acceptors (Lipinski definition) is 5. The monoisotopic (exact) mass is 225 g/mol. The Morgan fingerprint density at radius 3 is 2.81 bits per heavy atom. The van der Waals surface area contributed by atoms with E-state index in [0.29, 0.717) is 18.4 Å². The van der Waals surface area contributed by atoms with E-state index in [4.69, 9.17) is 15.0 Å². The fraction of sp³-hybridized carbons (Fsp3) is 0.818. The average Bonchev–Trinajstić information content (AvgIpc) is 2.81. The molecule has 0 spiro atoms. The maximum Gasteiger partial charge on any atom is 0.257 e. The summed E-state index contributed by atoms with van der Waals surface area (Å²) in [4.78, 5) is 4.39. The van der Waals surface area contributed by atoms with Crippen LogP contribution >= 0.6 is 0 Å². The topological polar surface area (TPSA) is 74.2 Å². The zero-order chi connectivity index (χ0) is 11.4. The van der Waals surface area contributed by atoms with Crippen LogP contribution < -0.4 is 5.73 Å². The van der Waals surface area contributed by atoms with Gasteiger partial charge in [-0.05, 0) is 12.8 Å². The summed E-state index contributed by atoms with van der Waals surface area (Å²) in [5, 5.41) is 4.04. The molecular formula is C11H19N3O2. The zero-order valence-electron chi connectivity index (χ0n) is 9.69. The lowest BCUT2D eigenvalue weighted by Gasteiger charge is -2.17. The highest BCUT2D eigenvalue weighted by Gasteiger charge is 2.23. The Bertz CT molecular complexity index is 317. The highest BCUT2D eigenvalue weighted by molar-refractivity contribution is 4.98. The van der Waals surface area contributed by atoms with Gasteiger partial charge in [-0.3, -0.25) is 0 Å². The highest BCUT2D eigenvalue weighted by atomic mass is 16.5. The third-order valence-corrected chi connectivity index (χ3v) is 3.20. The van der Waals surface area contributed by atoms with Crippen LogP contribution in [0, 0.1) is 0 Å². The Kier molecular flexibility index (Phi) is 3.90. The van der Waals surface area contributed by atoms with Gasteiger partial charge in [-0.25, -0.2) is 0 Å². The van der Waals surface area contributed by atoms with E-state index in [9.17, 15) is 0 Å². The highest BCUT2D eigenvalue weighted by Crippen LogP contribution is 2.31. The van der Waals surface area contributed by atoms with Crippen LogP contribution in [0.2, 0.25) is 0 Å². The van der Waals surface area contributed by atoms with E-state index >= 15 is 0 Å². The van der Waals surface area contributed by atoms with E-state index in [1.165, 1.54) is 32.1 Å². The Hall–Kier alpha value is -0.940. The van der Waals surface area contributed by atoms with E-state index in [-0.39, 0.29) is 6.10 Å². The van der Waals surface area contributed by atoms with Gasteiger partial charge in [0.15, 0.2) is 5.82 Å². The average molecular weight is 225 g/mol. The molecule has 90 valence electrons. The van der Waals surface area contributed by atoms with Crippen molar-refractivity contribution in [2.24, 2.45) is 5.73 Å². The van der Waals surface area contributed by atoms with Gasteiger partial charge in [0.1, 0.15) is 6.10 Å². The second-order valence-electron chi connectivity index (χ2n) is 4.29. The van der Waals surface area contributed by atoms with Crippen molar-refractivity contribution in [2.45, 2.75) is 44.1 Å². The van der Waals surface area contributed by atoms with Crippen LogP contribution in [0.25, 0.3) is 0 Å². The molecule has 0 aromatic carbocycles. The lowest BCUT2D eigenvalue weighted by Crippen LogP contribution is -2.14. The minimum atomic E-state index is -0.273. The molecule has 1 atom stereocenters. The molecule has 0 saturated heterocycles. The largest absolute Gasteiger partial charge is 0.370 e. The first-order valence-electron chi connectivity index (χ1n) is 5.91. The number of ether oxygens (including phenoxy) is 1. The minimum absolute atomic E-state index is 0.273. The summed E-state index contributed by atoms with van der Waals surface area (Å²) in [6, 6.07) is 0. The number of nitrogens with two attached hydrogens (primary N) is 1. The molecule has 0 radical (unpaired) electrons. The number of nitrogens with zero attached hydrogens (tertiary/aromatic N) is 2. The summed E-state index contributed by atoms with van der Waals surface area (Å²) in [7, 11) is 1.60. The predicted molar refractivity (Wildman–Crippen MR) is 58.9 cm³/mol. The molecule has 5 nitrogen and oxygen atoms in total. The van der Waals surface area contributed by atoms with Crippen molar-refractivity contribution in [3.63, 3.8) is 0 Å². The number of hydrogen-bond donors (Lipinski definition) is 1. The molecule has 16 heavy (non-hydrogen) atoms. The molecule has 0 bridgehead atoms. The summed E-state index contributed by atoms with van der Waals surface area (Å²) in [5.41, 5.74) is 5.55. The first-order valence-corrected chi connectivity index (χ1v) is 5.91. The van der Waals surface area contributed by atoms with Crippen LogP contribution in [-0.4, -0.2) is 23.8 Å². The quantitative estimate of drug-likeness (QED) is 0.845. The maximum atomic E-state index is 5.55. The maximum absolute atomic E-state index is 5.55. The molecule has 1 heterocycles. The Balaban J connectivity index is 2.05. The molecule has 1 unspecified atom stereocenters. The van der Waals surface area contributed by atoms with Gasteiger partial charge < -0.3 is 15.0 Å². The van der Waals surface area contributed by atoms with Gasteiger partial charge >= 0.3 is 0 Å². The van der Waals surface area contributed by atoms with E-state index < -0.39 is 0 Å². The summed E-state index contributed by atoms with van der Waals surface area (Å²) in [6.45, 7) is 0.364. The minimum Gasteiger partial charge on any atom is -0.370 e. The van der Waals surface area contributed by atoms with Crippen LogP contribution in [0.1, 0.15) is 55.8 Å². The molecule has 5 heteroatoms. The smallest absolute Gasteiger partial charge is 0.257 e. The van der Waals surface area contributed by atoms with Gasteiger partial charge in [-0.2, -0.15) is 4.98 Å². The van der Waals surface area contributed by atoms with E-state index in [2.05, 4.69) is 10.1 Å². The molecule has 2 rings (SSSR count). The first-order chi connectivity index (χ1) is 7.85. The molecule has 0 amide bonds. The van der Waals surface area contributed by atoms with Crippen LogP contribution in [-0.2, 0) is 4.74 Å². The first kappa shape index (κ1) is 11.5. The lowest BCUT2D eigenvalue weighted by atomic mass is 9.89.